The Morgan fingerprint density at radius 3 is 2.67 bits per heavy atom. The van der Waals surface area contributed by atoms with E-state index in [1.165, 1.54) is 0 Å². The Hall–Kier alpha value is -1.03. The van der Waals surface area contributed by atoms with Crippen molar-refractivity contribution >= 4 is 27.5 Å². The van der Waals surface area contributed by atoms with E-state index in [1.807, 2.05) is 18.2 Å². The summed E-state index contributed by atoms with van der Waals surface area (Å²) in [6.07, 6.45) is 1.11. The first-order valence-corrected chi connectivity index (χ1v) is 5.70. The summed E-state index contributed by atoms with van der Waals surface area (Å²) < 4.78 is 0.871. The molecule has 0 fully saturated rings. The van der Waals surface area contributed by atoms with E-state index in [1.54, 1.807) is 0 Å². The molecular weight excluding hydrogens is 254 g/mol. The minimum atomic E-state index is 0.0894. The topological polar surface area (TPSA) is 53.1 Å². The first-order chi connectivity index (χ1) is 7.06. The minimum absolute atomic E-state index is 0.0894. The molecule has 0 heterocycles. The lowest BCUT2D eigenvalue weighted by atomic mass is 10.2. The van der Waals surface area contributed by atoms with E-state index >= 15 is 0 Å². The maximum absolute atomic E-state index is 7.37. The van der Waals surface area contributed by atoms with E-state index in [2.05, 4.69) is 34.8 Å². The second-order valence-electron chi connectivity index (χ2n) is 3.50. The number of nitrogens with two attached hydrogens (primary N) is 1. The Bertz CT molecular complexity index is 363. The van der Waals surface area contributed by atoms with Gasteiger partial charge in [0.25, 0.3) is 0 Å². The van der Waals surface area contributed by atoms with E-state index in [4.69, 9.17) is 11.1 Å². The van der Waals surface area contributed by atoms with Crippen molar-refractivity contribution in [1.82, 2.24) is 0 Å². The Morgan fingerprint density at radius 1 is 1.53 bits per heavy atom. The minimum Gasteiger partial charge on any atom is -0.384 e. The van der Waals surface area contributed by atoms with Gasteiger partial charge in [0, 0.05) is 29.3 Å². The fourth-order valence-electron chi connectivity index (χ4n) is 1.42. The molecule has 0 saturated carbocycles. The largest absolute Gasteiger partial charge is 0.384 e. The molecular formula is C11H16BrN3. The molecule has 0 radical (unpaired) electrons. The normalized spacial score (nSPS) is 10.1. The zero-order valence-corrected chi connectivity index (χ0v) is 10.6. The number of nitrogens with zero attached hydrogens (tertiary/aromatic N) is 1. The third-order valence-electron chi connectivity index (χ3n) is 2.24. The van der Waals surface area contributed by atoms with Crippen LogP contribution in [0.4, 0.5) is 5.69 Å². The summed E-state index contributed by atoms with van der Waals surface area (Å²) in [5.74, 6) is 0.0894. The van der Waals surface area contributed by atoms with E-state index < -0.39 is 0 Å². The molecule has 0 amide bonds. The number of anilines is 1. The van der Waals surface area contributed by atoms with Crippen LogP contribution in [0, 0.1) is 5.41 Å². The standard InChI is InChI=1S/C11H16BrN3/c1-3-6-15(2)8-4-5-9(11(13)14)10(12)7-8/h4-5,7H,3,6H2,1-2H3,(H3,13,14). The van der Waals surface area contributed by atoms with Crippen molar-refractivity contribution < 1.29 is 0 Å². The zero-order chi connectivity index (χ0) is 11.4. The van der Waals surface area contributed by atoms with Gasteiger partial charge >= 0.3 is 0 Å². The highest BCUT2D eigenvalue weighted by atomic mass is 79.9. The van der Waals surface area contributed by atoms with Crippen LogP contribution in [0.1, 0.15) is 18.9 Å². The molecule has 1 aromatic carbocycles. The average Bonchev–Trinajstić information content (AvgIpc) is 2.17. The van der Waals surface area contributed by atoms with Crippen LogP contribution in [0.3, 0.4) is 0 Å². The summed E-state index contributed by atoms with van der Waals surface area (Å²) >= 11 is 3.42. The number of benzene rings is 1. The SMILES string of the molecule is CCCN(C)c1ccc(C(=N)N)c(Br)c1. The summed E-state index contributed by atoms with van der Waals surface area (Å²) in [7, 11) is 2.05. The first-order valence-electron chi connectivity index (χ1n) is 4.91. The lowest BCUT2D eigenvalue weighted by molar-refractivity contribution is 0.852. The van der Waals surface area contributed by atoms with Gasteiger partial charge in [-0.25, -0.2) is 0 Å². The molecule has 3 N–H and O–H groups in total. The van der Waals surface area contributed by atoms with Gasteiger partial charge < -0.3 is 10.6 Å². The molecule has 1 rings (SSSR count). The summed E-state index contributed by atoms with van der Waals surface area (Å²) in [5.41, 5.74) is 7.31. The predicted octanol–water partition coefficient (Wildman–Crippen LogP) is 2.58. The fraction of sp³-hybridized carbons (Fsp3) is 0.364. The maximum atomic E-state index is 7.37. The van der Waals surface area contributed by atoms with Gasteiger partial charge in [-0.2, -0.15) is 0 Å². The van der Waals surface area contributed by atoms with E-state index in [0.717, 1.165) is 28.7 Å². The van der Waals surface area contributed by atoms with Crippen molar-refractivity contribution in [1.29, 1.82) is 5.41 Å². The Morgan fingerprint density at radius 2 is 2.20 bits per heavy atom. The van der Waals surface area contributed by atoms with Crippen LogP contribution in [-0.4, -0.2) is 19.4 Å². The van der Waals surface area contributed by atoms with Crippen molar-refractivity contribution in [2.75, 3.05) is 18.5 Å². The number of rotatable bonds is 4. The van der Waals surface area contributed by atoms with Crippen molar-refractivity contribution in [2.24, 2.45) is 5.73 Å². The summed E-state index contributed by atoms with van der Waals surface area (Å²) in [6.45, 7) is 3.17. The van der Waals surface area contributed by atoms with Gasteiger partial charge in [0.2, 0.25) is 0 Å². The highest BCUT2D eigenvalue weighted by Gasteiger charge is 2.06. The first kappa shape index (κ1) is 12.0. The van der Waals surface area contributed by atoms with Gasteiger partial charge in [0.1, 0.15) is 5.84 Å². The molecule has 0 spiro atoms. The van der Waals surface area contributed by atoms with Crippen LogP contribution in [0.5, 0.6) is 0 Å². The molecule has 0 unspecified atom stereocenters. The number of hydrogen-bond donors (Lipinski definition) is 2. The molecule has 0 bridgehead atoms. The summed E-state index contributed by atoms with van der Waals surface area (Å²) in [5, 5.41) is 7.37. The lowest BCUT2D eigenvalue weighted by Crippen LogP contribution is -2.18. The van der Waals surface area contributed by atoms with E-state index in [9.17, 15) is 0 Å². The zero-order valence-electron chi connectivity index (χ0n) is 9.05. The molecule has 1 aromatic rings. The highest BCUT2D eigenvalue weighted by molar-refractivity contribution is 9.10. The number of halogens is 1. The second-order valence-corrected chi connectivity index (χ2v) is 4.35. The lowest BCUT2D eigenvalue weighted by Gasteiger charge is -2.19. The van der Waals surface area contributed by atoms with Crippen LogP contribution in [0.15, 0.2) is 22.7 Å². The summed E-state index contributed by atoms with van der Waals surface area (Å²) in [6, 6.07) is 5.84. The monoisotopic (exact) mass is 269 g/mol. The molecule has 4 heteroatoms. The van der Waals surface area contributed by atoms with Crippen LogP contribution in [0.2, 0.25) is 0 Å². The Balaban J connectivity index is 2.96. The number of nitrogen functional groups attached to an aromatic ring is 1. The number of nitrogens with one attached hydrogen (secondary N) is 1. The van der Waals surface area contributed by atoms with Crippen LogP contribution < -0.4 is 10.6 Å². The van der Waals surface area contributed by atoms with Crippen LogP contribution in [-0.2, 0) is 0 Å². The van der Waals surface area contributed by atoms with Gasteiger partial charge in [0.05, 0.1) is 0 Å². The van der Waals surface area contributed by atoms with Crippen LogP contribution in [0.25, 0.3) is 0 Å². The molecule has 3 nitrogen and oxygen atoms in total. The molecule has 0 aliphatic carbocycles. The van der Waals surface area contributed by atoms with E-state index in [0.29, 0.717) is 0 Å². The predicted molar refractivity (Wildman–Crippen MR) is 68.7 cm³/mol. The molecule has 82 valence electrons. The molecule has 0 aliphatic heterocycles. The van der Waals surface area contributed by atoms with Gasteiger partial charge in [0.15, 0.2) is 0 Å². The molecule has 15 heavy (non-hydrogen) atoms. The quantitative estimate of drug-likeness (QED) is 0.652. The smallest absolute Gasteiger partial charge is 0.123 e. The molecule has 0 atom stereocenters. The van der Waals surface area contributed by atoms with E-state index in [-0.39, 0.29) is 5.84 Å². The van der Waals surface area contributed by atoms with Gasteiger partial charge in [-0.15, -0.1) is 0 Å². The van der Waals surface area contributed by atoms with Gasteiger partial charge in [-0.1, -0.05) is 6.92 Å². The third-order valence-corrected chi connectivity index (χ3v) is 2.90. The highest BCUT2D eigenvalue weighted by Crippen LogP contribution is 2.23. The second kappa shape index (κ2) is 5.16. The molecule has 0 aromatic heterocycles. The van der Waals surface area contributed by atoms with Crippen LogP contribution >= 0.6 is 15.9 Å². The number of amidine groups is 1. The van der Waals surface area contributed by atoms with Crippen molar-refractivity contribution in [3.05, 3.63) is 28.2 Å². The molecule has 0 aliphatic rings. The Kier molecular flexibility index (Phi) is 4.15. The summed E-state index contributed by atoms with van der Waals surface area (Å²) in [4.78, 5) is 2.18. The maximum Gasteiger partial charge on any atom is 0.123 e. The van der Waals surface area contributed by atoms with Crippen molar-refractivity contribution in [3.8, 4) is 0 Å². The average molecular weight is 270 g/mol. The third kappa shape index (κ3) is 2.96. The van der Waals surface area contributed by atoms with Crippen molar-refractivity contribution in [2.45, 2.75) is 13.3 Å². The number of hydrogen-bond acceptors (Lipinski definition) is 2. The van der Waals surface area contributed by atoms with Crippen molar-refractivity contribution in [3.63, 3.8) is 0 Å². The van der Waals surface area contributed by atoms with Gasteiger partial charge in [-0.05, 0) is 40.5 Å². The fourth-order valence-corrected chi connectivity index (χ4v) is 2.00. The molecule has 0 saturated heterocycles. The van der Waals surface area contributed by atoms with Gasteiger partial charge in [-0.3, -0.25) is 5.41 Å². The Labute approximate surface area is 98.9 Å².